The van der Waals surface area contributed by atoms with Gasteiger partial charge in [0.2, 0.25) is 0 Å². The highest BCUT2D eigenvalue weighted by Crippen LogP contribution is 2.25. The van der Waals surface area contributed by atoms with Crippen molar-refractivity contribution >= 4 is 39.7 Å². The van der Waals surface area contributed by atoms with Crippen molar-refractivity contribution in [2.45, 2.75) is 38.1 Å². The van der Waals surface area contributed by atoms with Crippen LogP contribution in [0.5, 0.6) is 0 Å². The third-order valence-electron chi connectivity index (χ3n) is 3.17. The molecule has 0 aliphatic heterocycles. The molecule has 2 N–H and O–H groups in total. The molecule has 3 rings (SSSR count). The van der Waals surface area contributed by atoms with Crippen molar-refractivity contribution in [1.29, 1.82) is 0 Å². The first-order valence-electron chi connectivity index (χ1n) is 5.94. The van der Waals surface area contributed by atoms with Crippen LogP contribution < -0.4 is 5.32 Å². The Kier molecular flexibility index (Phi) is 3.07. The van der Waals surface area contributed by atoms with E-state index in [1.54, 1.807) is 6.20 Å². The Morgan fingerprint density at radius 2 is 2.18 bits per heavy atom. The monoisotopic (exact) mass is 266 g/mol. The van der Waals surface area contributed by atoms with Crippen LogP contribution in [0.25, 0.3) is 11.0 Å². The molecule has 0 saturated heterocycles. The highest BCUT2D eigenvalue weighted by molar-refractivity contribution is 7.74. The molecule has 1 aliphatic carbocycles. The minimum Gasteiger partial charge on any atom is -0.359 e. The number of anilines is 1. The van der Waals surface area contributed by atoms with E-state index in [2.05, 4.69) is 20.5 Å². The molecule has 0 amide bonds. The molecule has 0 unspecified atom stereocenters. The molecule has 1 fully saturated rings. The molecule has 1 saturated carbocycles. The molecule has 2 aromatic heterocycles. The largest absolute Gasteiger partial charge is 0.359 e. The Bertz CT molecular complexity index is 568. The molecule has 0 spiro atoms. The lowest BCUT2D eigenvalue weighted by atomic mass is 9.96. The number of fused-ring (bicyclic) bond motifs is 1. The summed E-state index contributed by atoms with van der Waals surface area (Å²) in [5.41, 5.74) is 0.784. The average Bonchev–Trinajstić information content (AvgIpc) is 2.79. The van der Waals surface area contributed by atoms with E-state index in [1.165, 1.54) is 43.4 Å². The van der Waals surface area contributed by atoms with Crippen molar-refractivity contribution in [3.05, 3.63) is 10.0 Å². The molecule has 17 heavy (non-hydrogen) atoms. The molecular formula is C11H14N4S2. The first-order valence-corrected chi connectivity index (χ1v) is 7.16. The number of H-pyrrole nitrogens is 1. The van der Waals surface area contributed by atoms with Crippen LogP contribution in [-0.4, -0.2) is 21.2 Å². The third-order valence-corrected chi connectivity index (χ3v) is 4.45. The summed E-state index contributed by atoms with van der Waals surface area (Å²) in [5.74, 6) is 0. The third kappa shape index (κ3) is 2.32. The van der Waals surface area contributed by atoms with Gasteiger partial charge < -0.3 is 5.32 Å². The second-order valence-electron chi connectivity index (χ2n) is 4.42. The highest BCUT2D eigenvalue weighted by Gasteiger charge is 2.14. The quantitative estimate of drug-likeness (QED) is 0.817. The first kappa shape index (κ1) is 11.1. The second kappa shape index (κ2) is 4.70. The maximum atomic E-state index is 5.34. The van der Waals surface area contributed by atoms with Crippen LogP contribution in [0.15, 0.2) is 6.20 Å². The number of hydrogen-bond donors (Lipinski definition) is 2. The predicted octanol–water partition coefficient (Wildman–Crippen LogP) is 3.49. The van der Waals surface area contributed by atoms with Crippen LogP contribution in [0.1, 0.15) is 32.1 Å². The number of nitrogens with zero attached hydrogens (tertiary/aromatic N) is 2. The topological polar surface area (TPSA) is 53.6 Å². The minimum absolute atomic E-state index is 0.558. The van der Waals surface area contributed by atoms with Crippen molar-refractivity contribution in [3.63, 3.8) is 0 Å². The average molecular weight is 266 g/mol. The maximum absolute atomic E-state index is 5.34. The predicted molar refractivity (Wildman–Crippen MR) is 73.1 cm³/mol. The van der Waals surface area contributed by atoms with Gasteiger partial charge in [-0.05, 0) is 12.8 Å². The molecular weight excluding hydrogens is 252 g/mol. The standard InChI is InChI=1S/C11H14N4S2/c16-10-8-6-12-15-9(8)14-11(17-10)13-7-4-2-1-3-5-7/h6-7H,1-5H2,(H2,12,13,14,15). The Morgan fingerprint density at radius 3 is 3.00 bits per heavy atom. The first-order chi connectivity index (χ1) is 8.33. The molecule has 1 aliphatic rings. The van der Waals surface area contributed by atoms with Gasteiger partial charge in [0.15, 0.2) is 10.8 Å². The summed E-state index contributed by atoms with van der Waals surface area (Å²) < 4.78 is 0.849. The summed E-state index contributed by atoms with van der Waals surface area (Å²) in [7, 11) is 0. The summed E-state index contributed by atoms with van der Waals surface area (Å²) in [5, 5.41) is 12.2. The van der Waals surface area contributed by atoms with E-state index in [0.717, 1.165) is 20.0 Å². The van der Waals surface area contributed by atoms with Crippen LogP contribution in [0.2, 0.25) is 0 Å². The number of aromatic nitrogens is 3. The van der Waals surface area contributed by atoms with E-state index in [0.29, 0.717) is 6.04 Å². The van der Waals surface area contributed by atoms with Gasteiger partial charge in [-0.1, -0.05) is 42.8 Å². The number of hydrogen-bond acceptors (Lipinski definition) is 5. The molecule has 4 nitrogen and oxygen atoms in total. The van der Waals surface area contributed by atoms with E-state index in [-0.39, 0.29) is 0 Å². The fourth-order valence-electron chi connectivity index (χ4n) is 2.26. The van der Waals surface area contributed by atoms with Crippen LogP contribution in [-0.2, 0) is 0 Å². The van der Waals surface area contributed by atoms with Gasteiger partial charge in [-0.3, -0.25) is 5.10 Å². The van der Waals surface area contributed by atoms with E-state index in [9.17, 15) is 0 Å². The van der Waals surface area contributed by atoms with Crippen LogP contribution in [0, 0.1) is 3.82 Å². The zero-order valence-corrected chi connectivity index (χ0v) is 11.0. The normalized spacial score (nSPS) is 17.4. The van der Waals surface area contributed by atoms with Crippen LogP contribution in [0.4, 0.5) is 5.13 Å². The zero-order valence-electron chi connectivity index (χ0n) is 9.40. The Labute approximate surface area is 108 Å². The number of aromatic amines is 1. The van der Waals surface area contributed by atoms with E-state index >= 15 is 0 Å². The molecule has 2 heterocycles. The smallest absolute Gasteiger partial charge is 0.186 e. The fraction of sp³-hybridized carbons (Fsp3) is 0.545. The Morgan fingerprint density at radius 1 is 1.35 bits per heavy atom. The van der Waals surface area contributed by atoms with Gasteiger partial charge in [0.1, 0.15) is 3.82 Å². The van der Waals surface area contributed by atoms with Crippen molar-refractivity contribution in [3.8, 4) is 0 Å². The maximum Gasteiger partial charge on any atom is 0.186 e. The van der Waals surface area contributed by atoms with Crippen molar-refractivity contribution in [2.75, 3.05) is 5.32 Å². The van der Waals surface area contributed by atoms with Gasteiger partial charge in [0, 0.05) is 6.04 Å². The summed E-state index contributed by atoms with van der Waals surface area (Å²) in [4.78, 5) is 4.51. The molecule has 0 atom stereocenters. The number of rotatable bonds is 2. The van der Waals surface area contributed by atoms with Crippen LogP contribution in [0.3, 0.4) is 0 Å². The number of nitrogens with one attached hydrogen (secondary N) is 2. The fourth-order valence-corrected chi connectivity index (χ4v) is 3.45. The van der Waals surface area contributed by atoms with Crippen LogP contribution >= 0.6 is 23.6 Å². The lowest BCUT2D eigenvalue weighted by molar-refractivity contribution is 0.462. The molecule has 6 heteroatoms. The van der Waals surface area contributed by atoms with Crippen molar-refractivity contribution in [1.82, 2.24) is 15.2 Å². The van der Waals surface area contributed by atoms with Gasteiger partial charge >= 0.3 is 0 Å². The van der Waals surface area contributed by atoms with Gasteiger partial charge in [-0.2, -0.15) is 5.10 Å². The summed E-state index contributed by atoms with van der Waals surface area (Å²) in [6.07, 6.45) is 8.21. The van der Waals surface area contributed by atoms with Crippen molar-refractivity contribution in [2.24, 2.45) is 0 Å². The lowest BCUT2D eigenvalue weighted by Gasteiger charge is -2.22. The highest BCUT2D eigenvalue weighted by atomic mass is 32.1. The Hall–Kier alpha value is -1.01. The molecule has 0 aromatic carbocycles. The lowest BCUT2D eigenvalue weighted by Crippen LogP contribution is -2.22. The zero-order chi connectivity index (χ0) is 11.7. The van der Waals surface area contributed by atoms with Crippen molar-refractivity contribution < 1.29 is 0 Å². The Balaban J connectivity index is 1.87. The van der Waals surface area contributed by atoms with E-state index in [4.69, 9.17) is 12.2 Å². The van der Waals surface area contributed by atoms with Gasteiger partial charge in [-0.15, -0.1) is 0 Å². The molecule has 0 bridgehead atoms. The summed E-state index contributed by atoms with van der Waals surface area (Å²) >= 11 is 6.88. The van der Waals surface area contributed by atoms with E-state index < -0.39 is 0 Å². The second-order valence-corrected chi connectivity index (χ2v) is 6.08. The van der Waals surface area contributed by atoms with Gasteiger partial charge in [0.25, 0.3) is 0 Å². The summed E-state index contributed by atoms with van der Waals surface area (Å²) in [6, 6.07) is 0.558. The molecule has 90 valence electrons. The SMILES string of the molecule is S=c1sc(NC2CCCCC2)nc2[nH]ncc12. The minimum atomic E-state index is 0.558. The van der Waals surface area contributed by atoms with Gasteiger partial charge in [-0.25, -0.2) is 4.98 Å². The summed E-state index contributed by atoms with van der Waals surface area (Å²) in [6.45, 7) is 0. The van der Waals surface area contributed by atoms with E-state index in [1.807, 2.05) is 0 Å². The molecule has 2 aromatic rings. The van der Waals surface area contributed by atoms with Gasteiger partial charge in [0.05, 0.1) is 11.6 Å². The molecule has 0 radical (unpaired) electrons.